The van der Waals surface area contributed by atoms with Crippen molar-refractivity contribution in [3.8, 4) is 0 Å². The molecule has 2 heteroatoms. The highest BCUT2D eigenvalue weighted by Gasteiger charge is 2.30. The molecule has 62 valence electrons. The highest BCUT2D eigenvalue weighted by atomic mass is 16.1. The number of amides is 1. The highest BCUT2D eigenvalue weighted by molar-refractivity contribution is 5.77. The predicted molar refractivity (Wildman–Crippen MR) is 43.1 cm³/mol. The number of piperidine rings is 1. The molecule has 2 fully saturated rings. The molecule has 2 nitrogen and oxygen atoms in total. The maximum absolute atomic E-state index is 11.0. The molecule has 1 aliphatic heterocycles. The zero-order valence-electron chi connectivity index (χ0n) is 6.81. The SMILES string of the molecule is O=C1CC2CCCCC2CN1. The first-order chi connectivity index (χ1) is 5.36. The van der Waals surface area contributed by atoms with Crippen LogP contribution in [0.1, 0.15) is 32.1 Å². The average Bonchev–Trinajstić information content (AvgIpc) is 2.04. The van der Waals surface area contributed by atoms with Crippen LogP contribution >= 0.6 is 0 Å². The first kappa shape index (κ1) is 7.14. The van der Waals surface area contributed by atoms with Crippen molar-refractivity contribution in [2.75, 3.05) is 6.54 Å². The summed E-state index contributed by atoms with van der Waals surface area (Å²) in [5.41, 5.74) is 0. The van der Waals surface area contributed by atoms with Crippen LogP contribution in [0.3, 0.4) is 0 Å². The Morgan fingerprint density at radius 2 is 1.91 bits per heavy atom. The van der Waals surface area contributed by atoms with Gasteiger partial charge >= 0.3 is 0 Å². The maximum Gasteiger partial charge on any atom is 0.220 e. The molecule has 0 bridgehead atoms. The van der Waals surface area contributed by atoms with E-state index in [4.69, 9.17) is 0 Å². The third-order valence-electron chi connectivity index (χ3n) is 3.08. The van der Waals surface area contributed by atoms with Gasteiger partial charge in [0.25, 0.3) is 0 Å². The van der Waals surface area contributed by atoms with E-state index in [1.54, 1.807) is 0 Å². The summed E-state index contributed by atoms with van der Waals surface area (Å²) in [5.74, 6) is 1.80. The topological polar surface area (TPSA) is 29.1 Å². The van der Waals surface area contributed by atoms with Crippen LogP contribution in [-0.4, -0.2) is 12.5 Å². The lowest BCUT2D eigenvalue weighted by Crippen LogP contribution is -2.41. The first-order valence-electron chi connectivity index (χ1n) is 4.63. The minimum atomic E-state index is 0.271. The van der Waals surface area contributed by atoms with Crippen LogP contribution in [0.2, 0.25) is 0 Å². The summed E-state index contributed by atoms with van der Waals surface area (Å²) in [6, 6.07) is 0. The van der Waals surface area contributed by atoms with Crippen molar-refractivity contribution in [3.63, 3.8) is 0 Å². The van der Waals surface area contributed by atoms with Crippen molar-refractivity contribution in [1.29, 1.82) is 0 Å². The molecule has 1 saturated heterocycles. The zero-order valence-corrected chi connectivity index (χ0v) is 6.81. The van der Waals surface area contributed by atoms with Crippen molar-refractivity contribution >= 4 is 5.91 Å². The summed E-state index contributed by atoms with van der Waals surface area (Å²) >= 11 is 0. The van der Waals surface area contributed by atoms with Crippen LogP contribution in [0.25, 0.3) is 0 Å². The molecule has 1 heterocycles. The van der Waals surface area contributed by atoms with E-state index in [9.17, 15) is 4.79 Å². The quantitative estimate of drug-likeness (QED) is 0.558. The molecule has 0 radical (unpaired) electrons. The smallest absolute Gasteiger partial charge is 0.220 e. The second kappa shape index (κ2) is 2.84. The Hall–Kier alpha value is -0.530. The van der Waals surface area contributed by atoms with Gasteiger partial charge in [0, 0.05) is 13.0 Å². The number of carbonyl (C=O) groups is 1. The molecule has 0 aromatic rings. The number of hydrogen-bond donors (Lipinski definition) is 1. The molecule has 1 amide bonds. The molecule has 11 heavy (non-hydrogen) atoms. The summed E-state index contributed by atoms with van der Waals surface area (Å²) in [4.78, 5) is 11.0. The number of rotatable bonds is 0. The Morgan fingerprint density at radius 3 is 2.73 bits per heavy atom. The molecule has 0 aromatic carbocycles. The van der Waals surface area contributed by atoms with Crippen LogP contribution in [0.15, 0.2) is 0 Å². The van der Waals surface area contributed by atoms with Crippen LogP contribution in [0, 0.1) is 11.8 Å². The van der Waals surface area contributed by atoms with Gasteiger partial charge in [0.15, 0.2) is 0 Å². The van der Waals surface area contributed by atoms with Gasteiger partial charge in [-0.25, -0.2) is 0 Å². The fraction of sp³-hybridized carbons (Fsp3) is 0.889. The molecule has 1 N–H and O–H groups in total. The summed E-state index contributed by atoms with van der Waals surface area (Å²) in [6.07, 6.45) is 6.14. The Balaban J connectivity index is 1.98. The van der Waals surface area contributed by atoms with Crippen LogP contribution < -0.4 is 5.32 Å². The van der Waals surface area contributed by atoms with E-state index in [-0.39, 0.29) is 5.91 Å². The summed E-state index contributed by atoms with van der Waals surface area (Å²) in [5, 5.41) is 2.94. The standard InChI is InChI=1S/C9H15NO/c11-9-5-7-3-1-2-4-8(7)6-10-9/h7-8H,1-6H2,(H,10,11). The molecule has 1 saturated carbocycles. The lowest BCUT2D eigenvalue weighted by Gasteiger charge is -2.35. The number of nitrogens with one attached hydrogen (secondary N) is 1. The van der Waals surface area contributed by atoms with Gasteiger partial charge in [0.2, 0.25) is 5.91 Å². The molecule has 1 aliphatic carbocycles. The lowest BCUT2D eigenvalue weighted by molar-refractivity contribution is -0.125. The normalized spacial score (nSPS) is 37.6. The van der Waals surface area contributed by atoms with E-state index in [1.165, 1.54) is 25.7 Å². The van der Waals surface area contributed by atoms with Gasteiger partial charge in [-0.2, -0.15) is 0 Å². The number of carbonyl (C=O) groups excluding carboxylic acids is 1. The second-order valence-electron chi connectivity index (χ2n) is 3.81. The predicted octanol–water partition coefficient (Wildman–Crippen LogP) is 1.31. The van der Waals surface area contributed by atoms with Crippen molar-refractivity contribution in [1.82, 2.24) is 5.32 Å². The molecular weight excluding hydrogens is 138 g/mol. The fourth-order valence-corrected chi connectivity index (χ4v) is 2.38. The molecular formula is C9H15NO. The summed E-state index contributed by atoms with van der Waals surface area (Å²) in [6.45, 7) is 0.948. The third-order valence-corrected chi connectivity index (χ3v) is 3.08. The lowest BCUT2D eigenvalue weighted by atomic mass is 9.75. The van der Waals surface area contributed by atoms with E-state index in [0.717, 1.165) is 24.8 Å². The molecule has 2 rings (SSSR count). The average molecular weight is 153 g/mol. The van der Waals surface area contributed by atoms with Crippen LogP contribution in [0.5, 0.6) is 0 Å². The minimum Gasteiger partial charge on any atom is -0.356 e. The Bertz CT molecular complexity index is 167. The van der Waals surface area contributed by atoms with E-state index < -0.39 is 0 Å². The van der Waals surface area contributed by atoms with Crippen molar-refractivity contribution in [2.24, 2.45) is 11.8 Å². The number of hydrogen-bond acceptors (Lipinski definition) is 1. The largest absolute Gasteiger partial charge is 0.356 e. The van der Waals surface area contributed by atoms with Gasteiger partial charge in [-0.1, -0.05) is 12.8 Å². The van der Waals surface area contributed by atoms with Gasteiger partial charge in [-0.15, -0.1) is 0 Å². The molecule has 0 aromatic heterocycles. The van der Waals surface area contributed by atoms with E-state index in [1.807, 2.05) is 0 Å². The third kappa shape index (κ3) is 1.39. The minimum absolute atomic E-state index is 0.271. The molecule has 2 aliphatic rings. The van der Waals surface area contributed by atoms with E-state index in [0.29, 0.717) is 0 Å². The molecule has 2 atom stereocenters. The Kier molecular flexibility index (Phi) is 1.84. The second-order valence-corrected chi connectivity index (χ2v) is 3.81. The van der Waals surface area contributed by atoms with Gasteiger partial charge in [-0.3, -0.25) is 4.79 Å². The Morgan fingerprint density at radius 1 is 1.18 bits per heavy atom. The van der Waals surface area contributed by atoms with Crippen molar-refractivity contribution < 1.29 is 4.79 Å². The van der Waals surface area contributed by atoms with Gasteiger partial charge in [0.1, 0.15) is 0 Å². The monoisotopic (exact) mass is 153 g/mol. The number of fused-ring (bicyclic) bond motifs is 1. The van der Waals surface area contributed by atoms with Crippen LogP contribution in [0.4, 0.5) is 0 Å². The van der Waals surface area contributed by atoms with Gasteiger partial charge in [0.05, 0.1) is 0 Å². The Labute approximate surface area is 67.4 Å². The zero-order chi connectivity index (χ0) is 7.68. The highest BCUT2D eigenvalue weighted by Crippen LogP contribution is 2.33. The van der Waals surface area contributed by atoms with E-state index >= 15 is 0 Å². The summed E-state index contributed by atoms with van der Waals surface area (Å²) in [7, 11) is 0. The fourth-order valence-electron chi connectivity index (χ4n) is 2.38. The molecule has 2 unspecified atom stereocenters. The van der Waals surface area contributed by atoms with Crippen molar-refractivity contribution in [3.05, 3.63) is 0 Å². The maximum atomic E-state index is 11.0. The first-order valence-corrected chi connectivity index (χ1v) is 4.63. The van der Waals surface area contributed by atoms with E-state index in [2.05, 4.69) is 5.32 Å². The van der Waals surface area contributed by atoms with Gasteiger partial charge in [-0.05, 0) is 24.7 Å². The van der Waals surface area contributed by atoms with Crippen molar-refractivity contribution in [2.45, 2.75) is 32.1 Å². The van der Waals surface area contributed by atoms with Gasteiger partial charge < -0.3 is 5.32 Å². The molecule has 0 spiro atoms. The van der Waals surface area contributed by atoms with Crippen LogP contribution in [-0.2, 0) is 4.79 Å². The summed E-state index contributed by atoms with van der Waals surface area (Å²) < 4.78 is 0.